The largest absolute Gasteiger partial charge is 0.488 e. The van der Waals surface area contributed by atoms with Crippen molar-refractivity contribution in [1.29, 1.82) is 0 Å². The number of carboxylic acid groups (broad SMARTS) is 1. The van der Waals surface area contributed by atoms with Gasteiger partial charge in [-0.3, -0.25) is 0 Å². The minimum Gasteiger partial charge on any atom is -0.488 e. The van der Waals surface area contributed by atoms with Crippen LogP contribution in [-0.2, 0) is 6.61 Å². The van der Waals surface area contributed by atoms with Crippen LogP contribution >= 0.6 is 11.8 Å². The van der Waals surface area contributed by atoms with E-state index >= 15 is 0 Å². The van der Waals surface area contributed by atoms with Crippen molar-refractivity contribution in [3.05, 3.63) is 59.4 Å². The molecular weight excluding hydrogens is 279 g/mol. The topological polar surface area (TPSA) is 46.5 Å². The number of hydrogen-bond acceptors (Lipinski definition) is 3. The molecule has 0 aliphatic heterocycles. The van der Waals surface area contributed by atoms with Crippen molar-refractivity contribution >= 4 is 17.7 Å². The van der Waals surface area contributed by atoms with Gasteiger partial charge in [0, 0.05) is 4.90 Å². The van der Waals surface area contributed by atoms with E-state index in [0.717, 1.165) is 16.5 Å². The molecule has 0 fully saturated rings. The van der Waals surface area contributed by atoms with Gasteiger partial charge in [0.05, 0.1) is 0 Å². The summed E-state index contributed by atoms with van der Waals surface area (Å²) in [5.74, 6) is -1.65. The van der Waals surface area contributed by atoms with Gasteiger partial charge in [-0.1, -0.05) is 12.1 Å². The number of carbonyl (C=O) groups is 1. The normalized spacial score (nSPS) is 10.3. The third kappa shape index (κ3) is 3.51. The molecule has 0 aliphatic carbocycles. The maximum absolute atomic E-state index is 13.0. The quantitative estimate of drug-likeness (QED) is 0.851. The summed E-state index contributed by atoms with van der Waals surface area (Å²) >= 11 is 1.64. The minimum absolute atomic E-state index is 0.160. The molecule has 3 nitrogen and oxygen atoms in total. The summed E-state index contributed by atoms with van der Waals surface area (Å²) in [7, 11) is 0. The van der Waals surface area contributed by atoms with Gasteiger partial charge >= 0.3 is 5.97 Å². The number of carboxylic acids is 1. The van der Waals surface area contributed by atoms with Gasteiger partial charge in [-0.05, 0) is 42.2 Å². The molecule has 104 valence electrons. The van der Waals surface area contributed by atoms with E-state index in [1.165, 1.54) is 12.1 Å². The Bertz CT molecular complexity index is 611. The summed E-state index contributed by atoms with van der Waals surface area (Å²) in [6.45, 7) is 0.237. The van der Waals surface area contributed by atoms with E-state index in [1.807, 2.05) is 30.5 Å². The molecule has 5 heteroatoms. The molecule has 20 heavy (non-hydrogen) atoms. The first-order valence-corrected chi connectivity index (χ1v) is 7.11. The van der Waals surface area contributed by atoms with E-state index in [4.69, 9.17) is 9.84 Å². The summed E-state index contributed by atoms with van der Waals surface area (Å²) in [4.78, 5) is 12.2. The van der Waals surface area contributed by atoms with Crippen molar-refractivity contribution in [2.45, 2.75) is 11.5 Å². The van der Waals surface area contributed by atoms with E-state index in [1.54, 1.807) is 11.8 Å². The van der Waals surface area contributed by atoms with E-state index in [2.05, 4.69) is 0 Å². The first-order chi connectivity index (χ1) is 9.60. The average Bonchev–Trinajstić information content (AvgIpc) is 2.46. The Morgan fingerprint density at radius 1 is 1.25 bits per heavy atom. The summed E-state index contributed by atoms with van der Waals surface area (Å²) in [5, 5.41) is 9.01. The van der Waals surface area contributed by atoms with Crippen molar-refractivity contribution < 1.29 is 19.0 Å². The van der Waals surface area contributed by atoms with Crippen LogP contribution in [0.3, 0.4) is 0 Å². The van der Waals surface area contributed by atoms with Crippen molar-refractivity contribution in [2.24, 2.45) is 0 Å². The highest BCUT2D eigenvalue weighted by atomic mass is 32.2. The number of hydrogen-bond donors (Lipinski definition) is 1. The van der Waals surface area contributed by atoms with Gasteiger partial charge in [-0.25, -0.2) is 9.18 Å². The Morgan fingerprint density at radius 2 is 1.95 bits per heavy atom. The second kappa shape index (κ2) is 6.43. The molecule has 0 unspecified atom stereocenters. The van der Waals surface area contributed by atoms with Gasteiger partial charge in [0.2, 0.25) is 0 Å². The van der Waals surface area contributed by atoms with E-state index < -0.39 is 11.8 Å². The molecule has 2 aromatic rings. The molecule has 0 radical (unpaired) electrons. The van der Waals surface area contributed by atoms with Crippen LogP contribution in [0.5, 0.6) is 5.75 Å². The maximum atomic E-state index is 13.0. The van der Waals surface area contributed by atoms with Crippen molar-refractivity contribution in [1.82, 2.24) is 0 Å². The van der Waals surface area contributed by atoms with E-state index in [0.29, 0.717) is 0 Å². The lowest BCUT2D eigenvalue weighted by molar-refractivity contribution is 0.0691. The molecule has 0 atom stereocenters. The molecule has 0 spiro atoms. The number of ether oxygens (including phenoxy) is 1. The summed E-state index contributed by atoms with van der Waals surface area (Å²) < 4.78 is 18.5. The molecule has 0 aromatic heterocycles. The molecule has 0 saturated heterocycles. The van der Waals surface area contributed by atoms with Crippen LogP contribution in [0.1, 0.15) is 15.9 Å². The molecule has 0 amide bonds. The zero-order valence-electron chi connectivity index (χ0n) is 10.8. The minimum atomic E-state index is -1.21. The lowest BCUT2D eigenvalue weighted by Crippen LogP contribution is -2.04. The predicted octanol–water partition coefficient (Wildman–Crippen LogP) is 3.82. The van der Waals surface area contributed by atoms with Gasteiger partial charge in [-0.2, -0.15) is 0 Å². The van der Waals surface area contributed by atoms with E-state index in [-0.39, 0.29) is 17.9 Å². The lowest BCUT2D eigenvalue weighted by atomic mass is 10.2. The van der Waals surface area contributed by atoms with Gasteiger partial charge in [0.15, 0.2) is 0 Å². The first-order valence-electron chi connectivity index (χ1n) is 5.88. The molecule has 0 saturated carbocycles. The molecule has 2 aromatic carbocycles. The molecule has 0 heterocycles. The Balaban J connectivity index is 2.12. The average molecular weight is 292 g/mol. The Labute approximate surface area is 120 Å². The fourth-order valence-corrected chi connectivity index (χ4v) is 2.09. The van der Waals surface area contributed by atoms with Crippen LogP contribution < -0.4 is 4.74 Å². The zero-order chi connectivity index (χ0) is 14.5. The van der Waals surface area contributed by atoms with Crippen LogP contribution in [0.2, 0.25) is 0 Å². The van der Waals surface area contributed by atoms with Crippen molar-refractivity contribution in [3.8, 4) is 5.75 Å². The maximum Gasteiger partial charge on any atom is 0.339 e. The van der Waals surface area contributed by atoms with Gasteiger partial charge in [-0.15, -0.1) is 11.8 Å². The predicted molar refractivity (Wildman–Crippen MR) is 75.9 cm³/mol. The molecule has 0 aliphatic rings. The highest BCUT2D eigenvalue weighted by Gasteiger charge is 2.12. The fourth-order valence-electron chi connectivity index (χ4n) is 1.68. The monoisotopic (exact) mass is 292 g/mol. The van der Waals surface area contributed by atoms with Crippen molar-refractivity contribution in [2.75, 3.05) is 6.26 Å². The molecule has 0 bridgehead atoms. The van der Waals surface area contributed by atoms with Crippen LogP contribution in [0, 0.1) is 5.82 Å². The SMILES string of the molecule is CSc1ccc(COc2ccc(F)cc2C(=O)O)cc1. The van der Waals surface area contributed by atoms with Crippen LogP contribution in [0.15, 0.2) is 47.4 Å². The standard InChI is InChI=1S/C15H13FO3S/c1-20-12-5-2-10(3-6-12)9-19-14-7-4-11(16)8-13(14)15(17)18/h2-8H,9H2,1H3,(H,17,18). The summed E-state index contributed by atoms with van der Waals surface area (Å²) in [6, 6.07) is 11.2. The second-order valence-corrected chi connectivity index (χ2v) is 4.96. The molecule has 1 N–H and O–H groups in total. The smallest absolute Gasteiger partial charge is 0.339 e. The number of aromatic carboxylic acids is 1. The highest BCUT2D eigenvalue weighted by Crippen LogP contribution is 2.22. The second-order valence-electron chi connectivity index (χ2n) is 4.08. The number of benzene rings is 2. The Morgan fingerprint density at radius 3 is 2.55 bits per heavy atom. The zero-order valence-corrected chi connectivity index (χ0v) is 11.6. The van der Waals surface area contributed by atoms with Gasteiger partial charge < -0.3 is 9.84 Å². The first kappa shape index (κ1) is 14.4. The third-order valence-electron chi connectivity index (χ3n) is 2.73. The van der Waals surface area contributed by atoms with Crippen LogP contribution in [0.25, 0.3) is 0 Å². The Hall–Kier alpha value is -2.01. The number of thioether (sulfide) groups is 1. The van der Waals surface area contributed by atoms with Crippen LogP contribution in [-0.4, -0.2) is 17.3 Å². The van der Waals surface area contributed by atoms with E-state index in [9.17, 15) is 9.18 Å². The number of rotatable bonds is 5. The Kier molecular flexibility index (Phi) is 4.63. The lowest BCUT2D eigenvalue weighted by Gasteiger charge is -2.09. The van der Waals surface area contributed by atoms with Crippen molar-refractivity contribution in [3.63, 3.8) is 0 Å². The summed E-state index contributed by atoms with van der Waals surface area (Å²) in [6.07, 6.45) is 1.99. The third-order valence-corrected chi connectivity index (χ3v) is 3.47. The molecule has 2 rings (SSSR count). The van der Waals surface area contributed by atoms with Crippen LogP contribution in [0.4, 0.5) is 4.39 Å². The highest BCUT2D eigenvalue weighted by molar-refractivity contribution is 7.98. The van der Waals surface area contributed by atoms with Gasteiger partial charge in [0.25, 0.3) is 0 Å². The summed E-state index contributed by atoms with van der Waals surface area (Å²) in [5.41, 5.74) is 0.745. The number of halogens is 1. The molecular formula is C15H13FO3S. The van der Waals surface area contributed by atoms with Gasteiger partial charge in [0.1, 0.15) is 23.7 Å². The fraction of sp³-hybridized carbons (Fsp3) is 0.133.